The van der Waals surface area contributed by atoms with E-state index < -0.39 is 8.07 Å². The zero-order valence-electron chi connectivity index (χ0n) is 14.4. The zero-order valence-corrected chi connectivity index (χ0v) is 15.4. The monoisotopic (exact) mass is 317 g/mol. The first-order valence-electron chi connectivity index (χ1n) is 8.10. The average Bonchev–Trinajstić information content (AvgIpc) is 2.52. The molecule has 1 nitrogen and oxygen atoms in total. The molecule has 0 fully saturated rings. The van der Waals surface area contributed by atoms with Crippen molar-refractivity contribution in [1.29, 1.82) is 0 Å². The molecule has 0 aliphatic carbocycles. The van der Waals surface area contributed by atoms with Crippen LogP contribution in [0.4, 0.5) is 11.4 Å². The fraction of sp³-hybridized carbons (Fsp3) is 0.238. The van der Waals surface area contributed by atoms with Gasteiger partial charge in [0.15, 0.2) is 0 Å². The third kappa shape index (κ3) is 3.75. The smallest absolute Gasteiger partial charge is 0.129 e. The Kier molecular flexibility index (Phi) is 4.15. The molecule has 0 spiro atoms. The number of fused-ring (bicyclic) bond motifs is 1. The molecule has 2 heteroatoms. The minimum atomic E-state index is -1.35. The van der Waals surface area contributed by atoms with Crippen molar-refractivity contribution in [1.82, 2.24) is 0 Å². The van der Waals surface area contributed by atoms with Crippen molar-refractivity contribution in [3.63, 3.8) is 0 Å². The van der Waals surface area contributed by atoms with Gasteiger partial charge in [-0.15, -0.1) is 5.54 Å². The Morgan fingerprint density at radius 3 is 2.43 bits per heavy atom. The predicted molar refractivity (Wildman–Crippen MR) is 104 cm³/mol. The van der Waals surface area contributed by atoms with Gasteiger partial charge in [0.05, 0.1) is 0 Å². The fourth-order valence-electron chi connectivity index (χ4n) is 2.61. The summed E-state index contributed by atoms with van der Waals surface area (Å²) in [5.41, 5.74) is 9.60. The van der Waals surface area contributed by atoms with Gasteiger partial charge in [0, 0.05) is 23.5 Å². The number of anilines is 2. The molecule has 0 atom stereocenters. The quantitative estimate of drug-likeness (QED) is 0.503. The van der Waals surface area contributed by atoms with Crippen LogP contribution in [0.2, 0.25) is 19.6 Å². The Morgan fingerprint density at radius 2 is 1.74 bits per heavy atom. The van der Waals surface area contributed by atoms with Crippen molar-refractivity contribution in [2.24, 2.45) is 0 Å². The highest BCUT2D eigenvalue weighted by molar-refractivity contribution is 6.83. The summed E-state index contributed by atoms with van der Waals surface area (Å²) in [5.74, 6) is 3.38. The van der Waals surface area contributed by atoms with Gasteiger partial charge in [0.25, 0.3) is 0 Å². The molecular weight excluding hydrogens is 294 g/mol. The molecule has 116 valence electrons. The lowest BCUT2D eigenvalue weighted by molar-refractivity contribution is 1.08. The van der Waals surface area contributed by atoms with E-state index in [0.717, 1.165) is 12.1 Å². The molecule has 0 saturated heterocycles. The molecule has 3 rings (SSSR count). The molecule has 0 bridgehead atoms. The lowest BCUT2D eigenvalue weighted by atomic mass is 10.0. The zero-order chi connectivity index (χ0) is 16.4. The molecule has 23 heavy (non-hydrogen) atoms. The maximum absolute atomic E-state index is 3.46. The largest absolute Gasteiger partial charge is 0.337 e. The molecular formula is C21H23NSi. The van der Waals surface area contributed by atoms with Crippen molar-refractivity contribution in [3.05, 3.63) is 65.2 Å². The molecule has 0 radical (unpaired) electrons. The Hall–Kier alpha value is -2.24. The maximum atomic E-state index is 3.46. The first kappa shape index (κ1) is 15.6. The van der Waals surface area contributed by atoms with E-state index in [0.29, 0.717) is 0 Å². The number of benzene rings is 2. The van der Waals surface area contributed by atoms with E-state index in [1.165, 1.54) is 22.5 Å². The Labute approximate surface area is 140 Å². The predicted octanol–water partition coefficient (Wildman–Crippen LogP) is 5.39. The third-order valence-corrected chi connectivity index (χ3v) is 4.71. The molecule has 2 aromatic rings. The minimum Gasteiger partial charge on any atom is -0.337 e. The lowest BCUT2D eigenvalue weighted by Gasteiger charge is -2.28. The van der Waals surface area contributed by atoms with E-state index in [1.807, 2.05) is 0 Å². The topological polar surface area (TPSA) is 3.24 Å². The summed E-state index contributed by atoms with van der Waals surface area (Å²) in [7, 11) is -1.35. The number of aryl methyl sites for hydroxylation is 1. The van der Waals surface area contributed by atoms with Gasteiger partial charge >= 0.3 is 0 Å². The minimum absolute atomic E-state index is 0.904. The first-order chi connectivity index (χ1) is 10.9. The van der Waals surface area contributed by atoms with Crippen LogP contribution in [-0.4, -0.2) is 14.6 Å². The van der Waals surface area contributed by atoms with Crippen molar-refractivity contribution >= 4 is 25.5 Å². The van der Waals surface area contributed by atoms with Crippen LogP contribution in [0.5, 0.6) is 0 Å². The van der Waals surface area contributed by atoms with Gasteiger partial charge in [-0.3, -0.25) is 0 Å². The van der Waals surface area contributed by atoms with Crippen LogP contribution in [0, 0.1) is 18.4 Å². The fourth-order valence-corrected chi connectivity index (χ4v) is 3.13. The highest BCUT2D eigenvalue weighted by Crippen LogP contribution is 2.33. The summed E-state index contributed by atoms with van der Waals surface area (Å²) in [6.45, 7) is 9.86. The second-order valence-corrected chi connectivity index (χ2v) is 11.9. The van der Waals surface area contributed by atoms with Crippen LogP contribution in [0.25, 0.3) is 6.08 Å². The second-order valence-electron chi connectivity index (χ2n) is 7.12. The maximum Gasteiger partial charge on any atom is 0.129 e. The van der Waals surface area contributed by atoms with Crippen molar-refractivity contribution in [3.8, 4) is 11.5 Å². The second kappa shape index (κ2) is 6.10. The highest BCUT2D eigenvalue weighted by atomic mass is 28.3. The molecule has 2 aromatic carbocycles. The van der Waals surface area contributed by atoms with Crippen LogP contribution in [-0.2, 0) is 0 Å². The number of rotatable bonds is 1. The van der Waals surface area contributed by atoms with Crippen LogP contribution in [0.3, 0.4) is 0 Å². The van der Waals surface area contributed by atoms with Gasteiger partial charge in [-0.1, -0.05) is 61.5 Å². The Morgan fingerprint density at radius 1 is 1.00 bits per heavy atom. The number of nitrogens with zero attached hydrogens (tertiary/aromatic N) is 1. The van der Waals surface area contributed by atoms with Gasteiger partial charge < -0.3 is 4.90 Å². The molecule has 0 N–H and O–H groups in total. The lowest BCUT2D eigenvalue weighted by Crippen LogP contribution is -2.20. The molecule has 0 saturated carbocycles. The average molecular weight is 318 g/mol. The molecule has 0 aromatic heterocycles. The van der Waals surface area contributed by atoms with Crippen LogP contribution < -0.4 is 4.90 Å². The van der Waals surface area contributed by atoms with Crippen LogP contribution in [0.15, 0.2) is 48.5 Å². The van der Waals surface area contributed by atoms with Crippen molar-refractivity contribution in [2.75, 3.05) is 11.4 Å². The van der Waals surface area contributed by atoms with E-state index >= 15 is 0 Å². The summed E-state index contributed by atoms with van der Waals surface area (Å²) >= 11 is 0. The Balaban J connectivity index is 2.01. The molecule has 1 aliphatic rings. The summed E-state index contributed by atoms with van der Waals surface area (Å²) in [5, 5.41) is 0. The van der Waals surface area contributed by atoms with E-state index in [4.69, 9.17) is 0 Å². The number of hydrogen-bond donors (Lipinski definition) is 0. The normalized spacial score (nSPS) is 13.3. The van der Waals surface area contributed by atoms with E-state index in [-0.39, 0.29) is 0 Å². The summed E-state index contributed by atoms with van der Waals surface area (Å²) in [6.07, 6.45) is 4.42. The van der Waals surface area contributed by atoms with E-state index in [1.54, 1.807) is 0 Å². The molecule has 0 amide bonds. The van der Waals surface area contributed by atoms with Gasteiger partial charge in [0.1, 0.15) is 8.07 Å². The first-order valence-corrected chi connectivity index (χ1v) is 11.6. The standard InChI is InChI=1S/C21H23NSi/c1-17-7-11-20(12-8-17)22-14-5-6-19-10-9-18(16-21(19)22)13-15-23(2,3)4/h5-12,16H,14H2,1-4H3. The van der Waals surface area contributed by atoms with Gasteiger partial charge in [-0.25, -0.2) is 0 Å². The number of hydrogen-bond acceptors (Lipinski definition) is 1. The van der Waals surface area contributed by atoms with Crippen molar-refractivity contribution < 1.29 is 0 Å². The van der Waals surface area contributed by atoms with Gasteiger partial charge in [0.2, 0.25) is 0 Å². The Bertz CT molecular complexity index is 798. The third-order valence-electron chi connectivity index (χ3n) is 3.83. The van der Waals surface area contributed by atoms with Gasteiger partial charge in [-0.05, 0) is 36.8 Å². The van der Waals surface area contributed by atoms with E-state index in [9.17, 15) is 0 Å². The van der Waals surface area contributed by atoms with Crippen molar-refractivity contribution in [2.45, 2.75) is 26.6 Å². The van der Waals surface area contributed by atoms with Gasteiger partial charge in [-0.2, -0.15) is 0 Å². The molecule has 0 unspecified atom stereocenters. The summed E-state index contributed by atoms with van der Waals surface area (Å²) in [6, 6.07) is 15.3. The van der Waals surface area contributed by atoms with Crippen LogP contribution in [0.1, 0.15) is 16.7 Å². The molecule has 1 heterocycles. The SMILES string of the molecule is Cc1ccc(N2CC=Cc3ccc(C#C[Si](C)(C)C)cc32)cc1. The van der Waals surface area contributed by atoms with E-state index in [2.05, 4.69) is 97.5 Å². The van der Waals surface area contributed by atoms with Crippen LogP contribution >= 0.6 is 0 Å². The molecule has 1 aliphatic heterocycles. The summed E-state index contributed by atoms with van der Waals surface area (Å²) in [4.78, 5) is 2.36. The summed E-state index contributed by atoms with van der Waals surface area (Å²) < 4.78 is 0. The highest BCUT2D eigenvalue weighted by Gasteiger charge is 2.15.